The van der Waals surface area contributed by atoms with Crippen molar-refractivity contribution in [2.75, 3.05) is 41.3 Å². The van der Waals surface area contributed by atoms with Crippen LogP contribution < -0.4 is 15.4 Å². The Kier molecular flexibility index (Phi) is 10.1. The summed E-state index contributed by atoms with van der Waals surface area (Å²) in [7, 11) is 7.13. The molecule has 1 aliphatic carbocycles. The summed E-state index contributed by atoms with van der Waals surface area (Å²) in [6.07, 6.45) is 4.09. The Hall–Kier alpha value is -1.51. The minimum atomic E-state index is -0.310. The molecule has 0 heterocycles. The summed E-state index contributed by atoms with van der Waals surface area (Å²) in [4.78, 5) is 18.7. The number of nitrogens with one attached hydrogen (secondary N) is 2. The number of nitrogens with zero attached hydrogens (tertiary/aromatic N) is 2. The maximum absolute atomic E-state index is 12.7. The first kappa shape index (κ1) is 24.5. The van der Waals surface area contributed by atoms with Crippen molar-refractivity contribution in [3.8, 4) is 5.75 Å². The van der Waals surface area contributed by atoms with E-state index in [0.717, 1.165) is 49.5 Å². The van der Waals surface area contributed by atoms with E-state index in [4.69, 9.17) is 4.74 Å². The highest BCUT2D eigenvalue weighted by Gasteiger charge is 2.42. The average Bonchev–Trinajstić information content (AvgIpc) is 3.17. The molecule has 2 N–H and O–H groups in total. The van der Waals surface area contributed by atoms with Crippen molar-refractivity contribution in [1.82, 2.24) is 15.5 Å². The van der Waals surface area contributed by atoms with E-state index in [0.29, 0.717) is 6.54 Å². The van der Waals surface area contributed by atoms with E-state index in [1.165, 1.54) is 0 Å². The van der Waals surface area contributed by atoms with E-state index >= 15 is 0 Å². The minimum Gasteiger partial charge on any atom is -0.496 e. The molecule has 0 aliphatic heterocycles. The highest BCUT2D eigenvalue weighted by atomic mass is 127. The number of amides is 1. The van der Waals surface area contributed by atoms with Crippen LogP contribution >= 0.6 is 24.0 Å². The fourth-order valence-electron chi connectivity index (χ4n) is 3.90. The lowest BCUT2D eigenvalue weighted by Crippen LogP contribution is -2.49. The first-order chi connectivity index (χ1) is 12.9. The van der Waals surface area contributed by atoms with Gasteiger partial charge in [-0.25, -0.2) is 0 Å². The maximum Gasteiger partial charge on any atom is 0.230 e. The summed E-state index contributed by atoms with van der Waals surface area (Å²) in [5.41, 5.74) is 0.855. The van der Waals surface area contributed by atoms with Gasteiger partial charge >= 0.3 is 0 Å². The lowest BCUT2D eigenvalue weighted by Gasteiger charge is -2.31. The number of aliphatic imine (C=N–C) groups is 1. The van der Waals surface area contributed by atoms with Gasteiger partial charge in [-0.15, -0.1) is 24.0 Å². The van der Waals surface area contributed by atoms with Gasteiger partial charge < -0.3 is 20.3 Å². The normalized spacial score (nSPS) is 16.7. The first-order valence-electron chi connectivity index (χ1n) is 9.72. The van der Waals surface area contributed by atoms with Gasteiger partial charge in [-0.3, -0.25) is 9.79 Å². The van der Waals surface area contributed by atoms with Crippen molar-refractivity contribution in [3.63, 3.8) is 0 Å². The Balaban J connectivity index is 0.00000392. The number of benzene rings is 1. The van der Waals surface area contributed by atoms with Crippen LogP contribution in [-0.4, -0.2) is 58.1 Å². The average molecular weight is 502 g/mol. The Morgan fingerprint density at radius 2 is 1.89 bits per heavy atom. The molecule has 1 saturated carbocycles. The molecule has 1 aromatic rings. The Labute approximate surface area is 186 Å². The van der Waals surface area contributed by atoms with Crippen LogP contribution in [0.5, 0.6) is 5.75 Å². The van der Waals surface area contributed by atoms with Crippen molar-refractivity contribution in [2.45, 2.75) is 38.5 Å². The third-order valence-corrected chi connectivity index (χ3v) is 5.48. The summed E-state index contributed by atoms with van der Waals surface area (Å²) in [5, 5.41) is 6.77. The molecule has 6 nitrogen and oxygen atoms in total. The molecule has 0 radical (unpaired) electrons. The van der Waals surface area contributed by atoms with Crippen LogP contribution in [0.1, 0.15) is 44.1 Å². The Morgan fingerprint density at radius 1 is 1.25 bits per heavy atom. The van der Waals surface area contributed by atoms with Crippen LogP contribution in [-0.2, 0) is 4.79 Å². The quantitative estimate of drug-likeness (QED) is 0.342. The molecule has 1 fully saturated rings. The largest absolute Gasteiger partial charge is 0.496 e. The maximum atomic E-state index is 12.7. The zero-order chi connectivity index (χ0) is 19.9. The van der Waals surface area contributed by atoms with Gasteiger partial charge in [-0.05, 0) is 24.5 Å². The number of hydrogen-bond donors (Lipinski definition) is 2. The lowest BCUT2D eigenvalue weighted by atomic mass is 9.84. The topological polar surface area (TPSA) is 66.0 Å². The minimum absolute atomic E-state index is 0. The third-order valence-electron chi connectivity index (χ3n) is 5.48. The number of carbonyl (C=O) groups is 1. The highest BCUT2D eigenvalue weighted by molar-refractivity contribution is 14.0. The van der Waals surface area contributed by atoms with Gasteiger partial charge in [0.15, 0.2) is 5.96 Å². The van der Waals surface area contributed by atoms with Crippen molar-refractivity contribution in [3.05, 3.63) is 29.8 Å². The summed E-state index contributed by atoms with van der Waals surface area (Å²) >= 11 is 0. The Morgan fingerprint density at radius 3 is 2.46 bits per heavy atom. The van der Waals surface area contributed by atoms with Crippen LogP contribution in [0.4, 0.5) is 0 Å². The van der Waals surface area contributed by atoms with E-state index in [1.807, 2.05) is 32.3 Å². The predicted octanol–water partition coefficient (Wildman–Crippen LogP) is 3.23. The number of rotatable bonds is 7. The highest BCUT2D eigenvalue weighted by Crippen LogP contribution is 2.38. The fourth-order valence-corrected chi connectivity index (χ4v) is 3.90. The molecule has 2 rings (SSSR count). The molecule has 1 aliphatic rings. The second-order valence-electron chi connectivity index (χ2n) is 7.64. The van der Waals surface area contributed by atoms with Gasteiger partial charge in [0, 0.05) is 40.2 Å². The molecule has 0 saturated heterocycles. The number of para-hydroxylation sites is 1. The van der Waals surface area contributed by atoms with Gasteiger partial charge in [-0.2, -0.15) is 0 Å². The molecule has 0 aromatic heterocycles. The molecule has 0 bridgehead atoms. The fraction of sp³-hybridized carbons (Fsp3) is 0.619. The van der Waals surface area contributed by atoms with E-state index in [1.54, 1.807) is 19.1 Å². The summed E-state index contributed by atoms with van der Waals surface area (Å²) in [5.74, 6) is 2.11. The van der Waals surface area contributed by atoms with Crippen molar-refractivity contribution < 1.29 is 9.53 Å². The van der Waals surface area contributed by atoms with Gasteiger partial charge in [-0.1, -0.05) is 38.0 Å². The third kappa shape index (κ3) is 5.99. The van der Waals surface area contributed by atoms with E-state index < -0.39 is 0 Å². The lowest BCUT2D eigenvalue weighted by molar-refractivity contribution is -0.138. The Bertz CT molecular complexity index is 658. The second-order valence-corrected chi connectivity index (χ2v) is 7.64. The molecule has 0 spiro atoms. The van der Waals surface area contributed by atoms with Crippen LogP contribution in [0.25, 0.3) is 0 Å². The molecule has 1 aromatic carbocycles. The molecule has 1 unspecified atom stereocenters. The van der Waals surface area contributed by atoms with Gasteiger partial charge in [0.25, 0.3) is 0 Å². The number of methoxy groups -OCH3 is 1. The molecule has 1 atom stereocenters. The molecule has 28 heavy (non-hydrogen) atoms. The predicted molar refractivity (Wildman–Crippen MR) is 126 cm³/mol. The molecule has 158 valence electrons. The molecule has 1 amide bonds. The SMILES string of the molecule is CN=C(NCC(C)c1ccccc1OC)NCC1(C(=O)N(C)C)CCCC1.I. The number of ether oxygens (including phenoxy) is 1. The summed E-state index contributed by atoms with van der Waals surface area (Å²) in [6, 6.07) is 8.07. The van der Waals surface area contributed by atoms with Crippen LogP contribution in [0, 0.1) is 5.41 Å². The van der Waals surface area contributed by atoms with Gasteiger partial charge in [0.1, 0.15) is 5.75 Å². The van der Waals surface area contributed by atoms with Gasteiger partial charge in [0.2, 0.25) is 5.91 Å². The van der Waals surface area contributed by atoms with E-state index in [2.05, 4.69) is 28.6 Å². The molecule has 7 heteroatoms. The first-order valence-corrected chi connectivity index (χ1v) is 9.72. The molecular formula is C21H35IN4O2. The number of guanidine groups is 1. The van der Waals surface area contributed by atoms with Crippen molar-refractivity contribution in [2.24, 2.45) is 10.4 Å². The summed E-state index contributed by atoms with van der Waals surface area (Å²) < 4.78 is 5.46. The zero-order valence-electron chi connectivity index (χ0n) is 17.7. The van der Waals surface area contributed by atoms with Crippen molar-refractivity contribution in [1.29, 1.82) is 0 Å². The van der Waals surface area contributed by atoms with Crippen LogP contribution in [0.3, 0.4) is 0 Å². The molecular weight excluding hydrogens is 467 g/mol. The van der Waals surface area contributed by atoms with Crippen LogP contribution in [0.2, 0.25) is 0 Å². The van der Waals surface area contributed by atoms with E-state index in [9.17, 15) is 4.79 Å². The smallest absolute Gasteiger partial charge is 0.230 e. The summed E-state index contributed by atoms with van der Waals surface area (Å²) in [6.45, 7) is 3.51. The number of halogens is 1. The number of hydrogen-bond acceptors (Lipinski definition) is 3. The van der Waals surface area contributed by atoms with E-state index in [-0.39, 0.29) is 41.2 Å². The number of carbonyl (C=O) groups excluding carboxylic acids is 1. The zero-order valence-corrected chi connectivity index (χ0v) is 20.1. The second kappa shape index (κ2) is 11.5. The van der Waals surface area contributed by atoms with Gasteiger partial charge in [0.05, 0.1) is 12.5 Å². The van der Waals surface area contributed by atoms with Crippen molar-refractivity contribution >= 4 is 35.8 Å². The monoisotopic (exact) mass is 502 g/mol. The standard InChI is InChI=1S/C21H34N4O2.HI/c1-16(17-10-6-7-11-18(17)27-5)14-23-20(22-2)24-15-21(12-8-9-13-21)19(26)25(3)4;/h6-7,10-11,16H,8-9,12-15H2,1-5H3,(H2,22,23,24);1H. The van der Waals surface area contributed by atoms with Crippen LogP contribution in [0.15, 0.2) is 29.3 Å².